The molecule has 0 aromatic heterocycles. The molecule has 1 aromatic rings. The lowest BCUT2D eigenvalue weighted by Gasteiger charge is -2.20. The Morgan fingerprint density at radius 1 is 0.821 bits per heavy atom. The first-order chi connectivity index (χ1) is 13.2. The molecule has 9 nitrogen and oxygen atoms in total. The second-order valence-electron chi connectivity index (χ2n) is 6.28. The van der Waals surface area contributed by atoms with Gasteiger partial charge in [-0.25, -0.2) is 4.79 Å². The Morgan fingerprint density at radius 2 is 1.32 bits per heavy atom. The number of nitrogens with one attached hydrogen (secondary N) is 4. The number of carbonyl (C=O) groups excluding carboxylic acids is 4. The number of benzene rings is 1. The van der Waals surface area contributed by atoms with Gasteiger partial charge in [0.2, 0.25) is 17.7 Å². The van der Waals surface area contributed by atoms with Crippen molar-refractivity contribution >= 4 is 23.8 Å². The van der Waals surface area contributed by atoms with Crippen LogP contribution in [0.4, 0.5) is 4.79 Å². The molecule has 0 bridgehead atoms. The smallest absolute Gasteiger partial charge is 0.408 e. The van der Waals surface area contributed by atoms with E-state index in [1.165, 1.54) is 13.8 Å². The molecule has 3 atom stereocenters. The molecule has 9 heteroatoms. The number of hydrogen-bond acceptors (Lipinski definition) is 5. The predicted molar refractivity (Wildman–Crippen MR) is 103 cm³/mol. The third-order valence-corrected chi connectivity index (χ3v) is 3.80. The summed E-state index contributed by atoms with van der Waals surface area (Å²) >= 11 is 0. The molecular weight excluding hydrogens is 364 g/mol. The number of ether oxygens (including phenoxy) is 1. The Labute approximate surface area is 164 Å². The normalized spacial score (nSPS) is 13.4. The standard InChI is InChI=1S/C19H28N4O5/c1-5-20-16(24)12(2)21-17(25)13(3)22-18(26)14(4)23-19(27)28-11-15-9-7-6-8-10-15/h6-10,12-14H,5,11H2,1-4H3,(H,20,24)(H,21,25)(H,22,26)(H,23,27)/t12-,13-,14-/m0/s1. The van der Waals surface area contributed by atoms with E-state index in [-0.39, 0.29) is 12.5 Å². The van der Waals surface area contributed by atoms with Gasteiger partial charge in [-0.3, -0.25) is 14.4 Å². The number of amides is 4. The average Bonchev–Trinajstić information content (AvgIpc) is 2.67. The van der Waals surface area contributed by atoms with Gasteiger partial charge < -0.3 is 26.0 Å². The third-order valence-electron chi connectivity index (χ3n) is 3.80. The molecule has 1 aromatic carbocycles. The van der Waals surface area contributed by atoms with Crippen LogP contribution in [-0.2, 0) is 25.7 Å². The van der Waals surface area contributed by atoms with E-state index in [1.54, 1.807) is 13.8 Å². The first-order valence-corrected chi connectivity index (χ1v) is 9.10. The van der Waals surface area contributed by atoms with Gasteiger partial charge in [0.25, 0.3) is 0 Å². The van der Waals surface area contributed by atoms with Crippen LogP contribution in [0.2, 0.25) is 0 Å². The highest BCUT2D eigenvalue weighted by Gasteiger charge is 2.23. The van der Waals surface area contributed by atoms with Gasteiger partial charge in [-0.2, -0.15) is 0 Å². The van der Waals surface area contributed by atoms with Crippen LogP contribution in [0, 0.1) is 0 Å². The molecule has 1 rings (SSSR count). The summed E-state index contributed by atoms with van der Waals surface area (Å²) in [6.07, 6.45) is -0.742. The van der Waals surface area contributed by atoms with Crippen molar-refractivity contribution in [1.29, 1.82) is 0 Å². The first-order valence-electron chi connectivity index (χ1n) is 9.10. The van der Waals surface area contributed by atoms with Gasteiger partial charge in [0, 0.05) is 6.54 Å². The SMILES string of the molecule is CCNC(=O)[C@H](C)NC(=O)[C@H](C)NC(=O)[C@H](C)NC(=O)OCc1ccccc1. The molecule has 0 heterocycles. The molecule has 4 amide bonds. The van der Waals surface area contributed by atoms with Crippen molar-refractivity contribution in [3.63, 3.8) is 0 Å². The Bertz CT molecular complexity index is 680. The summed E-state index contributed by atoms with van der Waals surface area (Å²) in [6, 6.07) is 6.61. The summed E-state index contributed by atoms with van der Waals surface area (Å²) in [5.41, 5.74) is 0.821. The highest BCUT2D eigenvalue weighted by atomic mass is 16.5. The zero-order valence-electron chi connectivity index (χ0n) is 16.6. The molecular formula is C19H28N4O5. The van der Waals surface area contributed by atoms with Crippen LogP contribution in [0.25, 0.3) is 0 Å². The highest BCUT2D eigenvalue weighted by Crippen LogP contribution is 2.01. The minimum atomic E-state index is -0.903. The van der Waals surface area contributed by atoms with Gasteiger partial charge in [-0.1, -0.05) is 30.3 Å². The second kappa shape index (κ2) is 11.6. The number of likely N-dealkylation sites (N-methyl/N-ethyl adjacent to an activating group) is 1. The molecule has 0 aliphatic carbocycles. The lowest BCUT2D eigenvalue weighted by atomic mass is 10.2. The molecule has 28 heavy (non-hydrogen) atoms. The Morgan fingerprint density at radius 3 is 1.86 bits per heavy atom. The van der Waals surface area contributed by atoms with E-state index in [0.29, 0.717) is 6.54 Å². The Hall–Kier alpha value is -3.10. The van der Waals surface area contributed by atoms with Crippen LogP contribution in [0.3, 0.4) is 0 Å². The zero-order chi connectivity index (χ0) is 21.1. The maximum absolute atomic E-state index is 12.1. The minimum Gasteiger partial charge on any atom is -0.445 e. The average molecular weight is 392 g/mol. The van der Waals surface area contributed by atoms with Crippen LogP contribution < -0.4 is 21.3 Å². The van der Waals surface area contributed by atoms with Crippen molar-refractivity contribution in [1.82, 2.24) is 21.3 Å². The largest absolute Gasteiger partial charge is 0.445 e. The van der Waals surface area contributed by atoms with E-state index in [0.717, 1.165) is 5.56 Å². The number of carbonyl (C=O) groups is 4. The van der Waals surface area contributed by atoms with Crippen molar-refractivity contribution in [3.05, 3.63) is 35.9 Å². The maximum Gasteiger partial charge on any atom is 0.408 e. The fourth-order valence-corrected chi connectivity index (χ4v) is 2.14. The van der Waals surface area contributed by atoms with E-state index in [1.807, 2.05) is 30.3 Å². The van der Waals surface area contributed by atoms with Crippen LogP contribution in [0.1, 0.15) is 33.3 Å². The molecule has 0 aliphatic heterocycles. The molecule has 0 radical (unpaired) electrons. The fraction of sp³-hybridized carbons (Fsp3) is 0.474. The Kier molecular flexibility index (Phi) is 9.49. The molecule has 4 N–H and O–H groups in total. The van der Waals surface area contributed by atoms with Gasteiger partial charge in [-0.05, 0) is 33.3 Å². The third kappa shape index (κ3) is 8.07. The van der Waals surface area contributed by atoms with Crippen LogP contribution in [0.15, 0.2) is 30.3 Å². The topological polar surface area (TPSA) is 126 Å². The molecule has 154 valence electrons. The summed E-state index contributed by atoms with van der Waals surface area (Å²) in [5, 5.41) is 9.98. The number of rotatable bonds is 9. The van der Waals surface area contributed by atoms with E-state index in [4.69, 9.17) is 4.74 Å². The van der Waals surface area contributed by atoms with E-state index in [2.05, 4.69) is 21.3 Å². The molecule has 0 unspecified atom stereocenters. The van der Waals surface area contributed by atoms with Crippen molar-refractivity contribution < 1.29 is 23.9 Å². The summed E-state index contributed by atoms with van der Waals surface area (Å²) in [5.74, 6) is -1.37. The van der Waals surface area contributed by atoms with Gasteiger partial charge in [0.1, 0.15) is 24.7 Å². The summed E-state index contributed by atoms with van der Waals surface area (Å²) in [7, 11) is 0. The van der Waals surface area contributed by atoms with Gasteiger partial charge >= 0.3 is 6.09 Å². The fourth-order valence-electron chi connectivity index (χ4n) is 2.14. The zero-order valence-corrected chi connectivity index (χ0v) is 16.6. The lowest BCUT2D eigenvalue weighted by Crippen LogP contribution is -2.54. The Balaban J connectivity index is 2.40. The highest BCUT2D eigenvalue weighted by molar-refractivity contribution is 5.93. The molecule has 0 fully saturated rings. The summed E-state index contributed by atoms with van der Waals surface area (Å²) in [6.45, 7) is 6.81. The summed E-state index contributed by atoms with van der Waals surface area (Å²) < 4.78 is 5.05. The lowest BCUT2D eigenvalue weighted by molar-refractivity contribution is -0.131. The van der Waals surface area contributed by atoms with Gasteiger partial charge in [0.15, 0.2) is 0 Å². The van der Waals surface area contributed by atoms with Gasteiger partial charge in [-0.15, -0.1) is 0 Å². The van der Waals surface area contributed by atoms with Crippen LogP contribution in [-0.4, -0.2) is 48.5 Å². The number of alkyl carbamates (subject to hydrolysis) is 1. The van der Waals surface area contributed by atoms with Crippen molar-refractivity contribution in [2.75, 3.05) is 6.54 Å². The van der Waals surface area contributed by atoms with E-state index < -0.39 is 36.0 Å². The summed E-state index contributed by atoms with van der Waals surface area (Å²) in [4.78, 5) is 47.7. The molecule has 0 saturated carbocycles. The van der Waals surface area contributed by atoms with E-state index in [9.17, 15) is 19.2 Å². The minimum absolute atomic E-state index is 0.0809. The monoisotopic (exact) mass is 392 g/mol. The van der Waals surface area contributed by atoms with Crippen molar-refractivity contribution in [2.24, 2.45) is 0 Å². The molecule has 0 saturated heterocycles. The maximum atomic E-state index is 12.1. The molecule has 0 spiro atoms. The predicted octanol–water partition coefficient (Wildman–Crippen LogP) is 0.447. The first kappa shape index (κ1) is 22.9. The molecule has 0 aliphatic rings. The van der Waals surface area contributed by atoms with Crippen LogP contribution in [0.5, 0.6) is 0 Å². The number of hydrogen-bond donors (Lipinski definition) is 4. The second-order valence-corrected chi connectivity index (χ2v) is 6.28. The van der Waals surface area contributed by atoms with Crippen molar-refractivity contribution in [2.45, 2.75) is 52.4 Å². The van der Waals surface area contributed by atoms with E-state index >= 15 is 0 Å². The van der Waals surface area contributed by atoms with Gasteiger partial charge in [0.05, 0.1) is 0 Å². The van der Waals surface area contributed by atoms with Crippen LogP contribution >= 0.6 is 0 Å². The van der Waals surface area contributed by atoms with Crippen molar-refractivity contribution in [3.8, 4) is 0 Å². The quantitative estimate of drug-likeness (QED) is 0.485.